The van der Waals surface area contributed by atoms with Crippen molar-refractivity contribution in [3.63, 3.8) is 0 Å². The summed E-state index contributed by atoms with van der Waals surface area (Å²) < 4.78 is 0. The average Bonchev–Trinajstić information content (AvgIpc) is 2.29. The third kappa shape index (κ3) is 1.96. The number of aromatic nitrogens is 1. The van der Waals surface area contributed by atoms with E-state index in [0.717, 1.165) is 29.3 Å². The highest BCUT2D eigenvalue weighted by Crippen LogP contribution is 2.26. The molecule has 0 unspecified atom stereocenters. The molecule has 82 valence electrons. The van der Waals surface area contributed by atoms with Crippen LogP contribution in [0.4, 0.5) is 0 Å². The van der Waals surface area contributed by atoms with E-state index in [0.29, 0.717) is 17.5 Å². The third-order valence-electron chi connectivity index (χ3n) is 2.59. The van der Waals surface area contributed by atoms with Crippen molar-refractivity contribution < 1.29 is 4.79 Å². The number of thioether (sulfide) groups is 1. The van der Waals surface area contributed by atoms with Gasteiger partial charge in [-0.2, -0.15) is 5.26 Å². The molecule has 1 aliphatic rings. The summed E-state index contributed by atoms with van der Waals surface area (Å²) in [7, 11) is 0. The fraction of sp³-hybridized carbons (Fsp3) is 0.417. The number of nitrogens with zero attached hydrogens (tertiary/aromatic N) is 2. The molecule has 0 spiro atoms. The zero-order valence-electron chi connectivity index (χ0n) is 9.12. The Morgan fingerprint density at radius 1 is 1.56 bits per heavy atom. The minimum atomic E-state index is 0.123. The molecule has 1 aromatic heterocycles. The van der Waals surface area contributed by atoms with Crippen molar-refractivity contribution in [3.8, 4) is 6.07 Å². The molecule has 16 heavy (non-hydrogen) atoms. The van der Waals surface area contributed by atoms with Gasteiger partial charge in [0.05, 0.1) is 11.3 Å². The summed E-state index contributed by atoms with van der Waals surface area (Å²) in [4.78, 5) is 16.1. The Morgan fingerprint density at radius 3 is 3.06 bits per heavy atom. The van der Waals surface area contributed by atoms with E-state index < -0.39 is 0 Å². The first-order valence-electron chi connectivity index (χ1n) is 5.36. The van der Waals surface area contributed by atoms with Crippen molar-refractivity contribution in [3.05, 3.63) is 22.9 Å². The number of ketones is 1. The predicted octanol–water partition coefficient (Wildman–Crippen LogP) is 2.58. The van der Waals surface area contributed by atoms with Gasteiger partial charge >= 0.3 is 0 Å². The minimum absolute atomic E-state index is 0.123. The largest absolute Gasteiger partial charge is 0.294 e. The first-order valence-corrected chi connectivity index (χ1v) is 6.34. The van der Waals surface area contributed by atoms with Crippen LogP contribution in [0, 0.1) is 11.3 Å². The number of hydrogen-bond donors (Lipinski definition) is 0. The molecule has 0 fully saturated rings. The number of nitriles is 1. The number of aryl methyl sites for hydroxylation is 1. The molecule has 1 aromatic rings. The lowest BCUT2D eigenvalue weighted by Crippen LogP contribution is -2.13. The quantitative estimate of drug-likeness (QED) is 0.735. The van der Waals surface area contributed by atoms with E-state index >= 15 is 0 Å². The van der Waals surface area contributed by atoms with Crippen molar-refractivity contribution in [1.82, 2.24) is 4.98 Å². The lowest BCUT2D eigenvalue weighted by molar-refractivity contribution is 0.0971. The summed E-state index contributed by atoms with van der Waals surface area (Å²) >= 11 is 1.56. The summed E-state index contributed by atoms with van der Waals surface area (Å²) in [6.45, 7) is 2.03. The van der Waals surface area contributed by atoms with Crippen LogP contribution in [-0.2, 0) is 6.42 Å². The number of carbonyl (C=O) groups excluding carboxylic acids is 1. The lowest BCUT2D eigenvalue weighted by Gasteiger charge is -2.15. The van der Waals surface area contributed by atoms with Crippen molar-refractivity contribution >= 4 is 17.5 Å². The van der Waals surface area contributed by atoms with Crippen LogP contribution in [0.3, 0.4) is 0 Å². The van der Waals surface area contributed by atoms with Crippen LogP contribution in [0.5, 0.6) is 0 Å². The van der Waals surface area contributed by atoms with Gasteiger partial charge in [-0.05, 0) is 24.7 Å². The van der Waals surface area contributed by atoms with Gasteiger partial charge in [0.15, 0.2) is 5.78 Å². The summed E-state index contributed by atoms with van der Waals surface area (Å²) in [5, 5.41) is 9.78. The molecule has 0 bridgehead atoms. The number of fused-ring (bicyclic) bond motifs is 1. The second-order valence-corrected chi connectivity index (χ2v) is 4.91. The van der Waals surface area contributed by atoms with E-state index in [-0.39, 0.29) is 5.78 Å². The molecule has 2 rings (SSSR count). The number of rotatable bonds is 2. The summed E-state index contributed by atoms with van der Waals surface area (Å²) in [5.41, 5.74) is 2.05. The highest BCUT2D eigenvalue weighted by Gasteiger charge is 2.20. The van der Waals surface area contributed by atoms with Crippen LogP contribution in [0.1, 0.15) is 41.4 Å². The van der Waals surface area contributed by atoms with Crippen molar-refractivity contribution in [2.75, 3.05) is 5.75 Å². The Balaban J connectivity index is 2.51. The van der Waals surface area contributed by atoms with Gasteiger partial charge in [-0.1, -0.05) is 6.92 Å². The monoisotopic (exact) mass is 232 g/mol. The first-order chi connectivity index (χ1) is 7.76. The Hall–Kier alpha value is -1.34. The molecule has 0 amide bonds. The minimum Gasteiger partial charge on any atom is -0.294 e. The Bertz CT molecular complexity index is 477. The van der Waals surface area contributed by atoms with Gasteiger partial charge in [0.25, 0.3) is 0 Å². The molecule has 1 heterocycles. The molecular weight excluding hydrogens is 220 g/mol. The molecule has 0 radical (unpaired) electrons. The number of hydrogen-bond acceptors (Lipinski definition) is 4. The molecule has 0 aliphatic heterocycles. The molecule has 0 saturated heterocycles. The maximum atomic E-state index is 11.7. The van der Waals surface area contributed by atoms with Crippen molar-refractivity contribution in [2.24, 2.45) is 0 Å². The van der Waals surface area contributed by atoms with E-state index in [9.17, 15) is 4.79 Å². The topological polar surface area (TPSA) is 53.8 Å². The van der Waals surface area contributed by atoms with E-state index in [1.54, 1.807) is 17.8 Å². The highest BCUT2D eigenvalue weighted by molar-refractivity contribution is 7.99. The zero-order valence-corrected chi connectivity index (χ0v) is 9.93. The van der Waals surface area contributed by atoms with Crippen LogP contribution < -0.4 is 0 Å². The zero-order chi connectivity index (χ0) is 11.5. The van der Waals surface area contributed by atoms with Gasteiger partial charge in [-0.3, -0.25) is 4.79 Å². The molecular formula is C12H12N2OS. The average molecular weight is 232 g/mol. The van der Waals surface area contributed by atoms with Crippen LogP contribution >= 0.6 is 11.8 Å². The summed E-state index contributed by atoms with van der Waals surface area (Å²) in [5.74, 6) is 1.01. The first kappa shape index (κ1) is 11.2. The van der Waals surface area contributed by atoms with Gasteiger partial charge < -0.3 is 0 Å². The number of pyridine rings is 1. The van der Waals surface area contributed by atoms with E-state index in [1.807, 2.05) is 6.92 Å². The molecule has 0 N–H and O–H groups in total. The van der Waals surface area contributed by atoms with E-state index in [1.165, 1.54) is 0 Å². The normalized spacial score (nSPS) is 14.4. The van der Waals surface area contributed by atoms with Crippen LogP contribution in [0.25, 0.3) is 0 Å². The maximum absolute atomic E-state index is 11.7. The van der Waals surface area contributed by atoms with Gasteiger partial charge in [0.1, 0.15) is 11.1 Å². The van der Waals surface area contributed by atoms with Crippen LogP contribution in [-0.4, -0.2) is 16.5 Å². The summed E-state index contributed by atoms with van der Waals surface area (Å²) in [6.07, 6.45) is 2.31. The van der Waals surface area contributed by atoms with Crippen molar-refractivity contribution in [1.29, 1.82) is 5.26 Å². The van der Waals surface area contributed by atoms with Gasteiger partial charge in [-0.25, -0.2) is 4.98 Å². The molecule has 4 heteroatoms. The highest BCUT2D eigenvalue weighted by atomic mass is 32.2. The third-order valence-corrected chi connectivity index (χ3v) is 3.46. The van der Waals surface area contributed by atoms with Gasteiger partial charge in [0.2, 0.25) is 0 Å². The van der Waals surface area contributed by atoms with E-state index in [4.69, 9.17) is 5.26 Å². The van der Waals surface area contributed by atoms with Gasteiger partial charge in [-0.15, -0.1) is 11.8 Å². The fourth-order valence-corrected chi connectivity index (χ4v) is 2.55. The van der Waals surface area contributed by atoms with Crippen molar-refractivity contribution in [2.45, 2.75) is 31.2 Å². The molecule has 0 aromatic carbocycles. The van der Waals surface area contributed by atoms with Crippen LogP contribution in [0.15, 0.2) is 11.1 Å². The second kappa shape index (κ2) is 4.67. The Labute approximate surface area is 98.9 Å². The molecule has 0 saturated carbocycles. The van der Waals surface area contributed by atoms with Crippen LogP contribution in [0.2, 0.25) is 0 Å². The second-order valence-electron chi connectivity index (χ2n) is 3.66. The summed E-state index contributed by atoms with van der Waals surface area (Å²) in [6, 6.07) is 3.83. The molecule has 0 atom stereocenters. The van der Waals surface area contributed by atoms with E-state index in [2.05, 4.69) is 11.1 Å². The number of Topliss-reactive ketones (excluding diaryl/α,β-unsaturated/α-hetero) is 1. The SMILES string of the molecule is CCSc1nc2c(cc1C#N)C(=O)CCC2. The standard InChI is InChI=1S/C12H12N2OS/c1-2-16-12-8(7-13)6-9-10(14-12)4-3-5-11(9)15/h6H,2-5H2,1H3. The maximum Gasteiger partial charge on any atom is 0.164 e. The fourth-order valence-electron chi connectivity index (χ4n) is 1.84. The Kier molecular flexibility index (Phi) is 3.25. The molecule has 1 aliphatic carbocycles. The predicted molar refractivity (Wildman–Crippen MR) is 62.6 cm³/mol. The molecule has 3 nitrogen and oxygen atoms in total. The number of carbonyl (C=O) groups is 1. The van der Waals surface area contributed by atoms with Gasteiger partial charge in [0, 0.05) is 12.0 Å². The smallest absolute Gasteiger partial charge is 0.164 e. The lowest BCUT2D eigenvalue weighted by atomic mass is 9.94. The Morgan fingerprint density at radius 2 is 2.38 bits per heavy atom.